The fourth-order valence-electron chi connectivity index (χ4n) is 3.84. The van der Waals surface area contributed by atoms with Crippen molar-refractivity contribution in [2.24, 2.45) is 0 Å². The van der Waals surface area contributed by atoms with Gasteiger partial charge in [-0.05, 0) is 44.2 Å². The maximum atomic E-state index is 12.9. The molecule has 2 aromatic heterocycles. The standard InChI is InChI=1S/C25H20ClN5O4/c1-14(2)35-25(34)29(3)16-11-27-24-28-21(13-30(24)12-16)19-10-15(8-9-20(19)26)31-22(32)17-6-4-5-7-18(17)23(31)33/h4-14H,1-3H3. The number of hydrogen-bond donors (Lipinski definition) is 0. The van der Waals surface area contributed by atoms with Crippen LogP contribution in [0.3, 0.4) is 0 Å². The highest BCUT2D eigenvalue weighted by Gasteiger charge is 2.36. The van der Waals surface area contributed by atoms with Gasteiger partial charge in [-0.15, -0.1) is 0 Å². The van der Waals surface area contributed by atoms with Gasteiger partial charge in [0.2, 0.25) is 5.78 Å². The number of aromatic nitrogens is 3. The Kier molecular flexibility index (Phi) is 5.49. The smallest absolute Gasteiger partial charge is 0.414 e. The van der Waals surface area contributed by atoms with E-state index in [0.29, 0.717) is 44.6 Å². The molecule has 0 saturated carbocycles. The minimum absolute atomic E-state index is 0.252. The van der Waals surface area contributed by atoms with Crippen LogP contribution in [0, 0.1) is 0 Å². The molecule has 3 amide bonds. The predicted octanol–water partition coefficient (Wildman–Crippen LogP) is 4.83. The number of benzene rings is 2. The van der Waals surface area contributed by atoms with Crippen molar-refractivity contribution in [1.82, 2.24) is 14.4 Å². The summed E-state index contributed by atoms with van der Waals surface area (Å²) in [4.78, 5) is 49.4. The molecule has 0 bridgehead atoms. The van der Waals surface area contributed by atoms with E-state index in [9.17, 15) is 14.4 Å². The number of nitrogens with zero attached hydrogens (tertiary/aromatic N) is 5. The predicted molar refractivity (Wildman–Crippen MR) is 131 cm³/mol. The average Bonchev–Trinajstić information content (AvgIpc) is 3.37. The summed E-state index contributed by atoms with van der Waals surface area (Å²) in [6, 6.07) is 11.6. The first-order valence-corrected chi connectivity index (χ1v) is 11.2. The van der Waals surface area contributed by atoms with E-state index in [0.717, 1.165) is 4.90 Å². The minimum Gasteiger partial charge on any atom is -0.446 e. The van der Waals surface area contributed by atoms with Crippen LogP contribution in [-0.2, 0) is 4.74 Å². The molecule has 1 aliphatic heterocycles. The largest absolute Gasteiger partial charge is 0.446 e. The highest BCUT2D eigenvalue weighted by atomic mass is 35.5. The highest BCUT2D eigenvalue weighted by Crippen LogP contribution is 2.35. The van der Waals surface area contributed by atoms with Gasteiger partial charge in [0.05, 0.1) is 45.5 Å². The Hall–Kier alpha value is -4.24. The number of carbonyl (C=O) groups is 3. The number of carbonyl (C=O) groups excluding carboxylic acids is 3. The summed E-state index contributed by atoms with van der Waals surface area (Å²) in [6.07, 6.45) is 4.17. The first-order chi connectivity index (χ1) is 16.7. The topological polar surface area (TPSA) is 97.1 Å². The van der Waals surface area contributed by atoms with Crippen molar-refractivity contribution >= 4 is 46.7 Å². The number of hydrogen-bond acceptors (Lipinski definition) is 6. The van der Waals surface area contributed by atoms with E-state index in [1.807, 2.05) is 0 Å². The summed E-state index contributed by atoms with van der Waals surface area (Å²) in [5, 5.41) is 0.395. The van der Waals surface area contributed by atoms with Gasteiger partial charge in [-0.1, -0.05) is 23.7 Å². The van der Waals surface area contributed by atoms with E-state index in [1.165, 1.54) is 11.1 Å². The lowest BCUT2D eigenvalue weighted by Crippen LogP contribution is -2.29. The second-order valence-corrected chi connectivity index (χ2v) is 8.70. The number of imidazole rings is 1. The van der Waals surface area contributed by atoms with Crippen LogP contribution in [0.25, 0.3) is 17.0 Å². The van der Waals surface area contributed by atoms with E-state index in [-0.39, 0.29) is 6.10 Å². The Labute approximate surface area is 205 Å². The summed E-state index contributed by atoms with van der Waals surface area (Å²) in [7, 11) is 1.59. The molecule has 0 aliphatic carbocycles. The van der Waals surface area contributed by atoms with Crippen molar-refractivity contribution in [1.29, 1.82) is 0 Å². The maximum absolute atomic E-state index is 12.9. The molecule has 5 rings (SSSR count). The third-order valence-corrected chi connectivity index (χ3v) is 5.90. The number of amides is 3. The van der Waals surface area contributed by atoms with Gasteiger partial charge in [0, 0.05) is 25.0 Å². The molecule has 2 aromatic carbocycles. The van der Waals surface area contributed by atoms with Crippen LogP contribution in [0.5, 0.6) is 0 Å². The number of imide groups is 1. The van der Waals surface area contributed by atoms with Crippen LogP contribution in [0.1, 0.15) is 34.6 Å². The first kappa shape index (κ1) is 22.5. The Balaban J connectivity index is 1.50. The normalized spacial score (nSPS) is 13.0. The Bertz CT molecular complexity index is 1480. The van der Waals surface area contributed by atoms with Crippen LogP contribution >= 0.6 is 11.6 Å². The molecule has 9 nitrogen and oxygen atoms in total. The summed E-state index contributed by atoms with van der Waals surface area (Å²) in [5.41, 5.74) is 2.64. The van der Waals surface area contributed by atoms with Gasteiger partial charge in [-0.2, -0.15) is 0 Å². The van der Waals surface area contributed by atoms with Gasteiger partial charge in [0.25, 0.3) is 11.8 Å². The molecule has 10 heteroatoms. The van der Waals surface area contributed by atoms with Crippen molar-refractivity contribution in [3.63, 3.8) is 0 Å². The molecule has 0 saturated heterocycles. The summed E-state index contributed by atoms with van der Waals surface area (Å²) in [6.45, 7) is 3.55. The third-order valence-electron chi connectivity index (χ3n) is 5.57. The molecule has 0 atom stereocenters. The molecule has 3 heterocycles. The zero-order valence-corrected chi connectivity index (χ0v) is 19.9. The number of rotatable bonds is 4. The third kappa shape index (κ3) is 3.89. The molecule has 176 valence electrons. The lowest BCUT2D eigenvalue weighted by Gasteiger charge is -2.18. The van der Waals surface area contributed by atoms with Gasteiger partial charge < -0.3 is 4.74 Å². The quantitative estimate of drug-likeness (QED) is 0.381. The maximum Gasteiger partial charge on any atom is 0.414 e. The molecule has 0 unspecified atom stereocenters. The number of halogens is 1. The number of anilines is 2. The molecular weight excluding hydrogens is 470 g/mol. The zero-order chi connectivity index (χ0) is 24.9. The van der Waals surface area contributed by atoms with Gasteiger partial charge in [-0.3, -0.25) is 18.9 Å². The van der Waals surface area contributed by atoms with Crippen molar-refractivity contribution in [3.8, 4) is 11.3 Å². The Morgan fingerprint density at radius 1 is 1.03 bits per heavy atom. The number of fused-ring (bicyclic) bond motifs is 2. The lowest BCUT2D eigenvalue weighted by atomic mass is 10.1. The summed E-state index contributed by atoms with van der Waals surface area (Å²) < 4.78 is 6.89. The zero-order valence-electron chi connectivity index (χ0n) is 19.1. The first-order valence-electron chi connectivity index (χ1n) is 10.8. The molecular formula is C25H20ClN5O4. The Morgan fingerprint density at radius 2 is 1.71 bits per heavy atom. The second-order valence-electron chi connectivity index (χ2n) is 8.29. The van der Waals surface area contributed by atoms with Crippen LogP contribution in [-0.4, -0.2) is 45.4 Å². The van der Waals surface area contributed by atoms with Gasteiger partial charge in [0.1, 0.15) is 0 Å². The monoisotopic (exact) mass is 489 g/mol. The van der Waals surface area contributed by atoms with Crippen molar-refractivity contribution in [3.05, 3.63) is 77.2 Å². The average molecular weight is 490 g/mol. The van der Waals surface area contributed by atoms with Gasteiger partial charge >= 0.3 is 6.09 Å². The van der Waals surface area contributed by atoms with Crippen molar-refractivity contribution < 1.29 is 19.1 Å². The van der Waals surface area contributed by atoms with E-state index in [4.69, 9.17) is 16.3 Å². The molecule has 0 fully saturated rings. The fraction of sp³-hybridized carbons (Fsp3) is 0.160. The lowest BCUT2D eigenvalue weighted by molar-refractivity contribution is 0.0925. The van der Waals surface area contributed by atoms with Gasteiger partial charge in [0.15, 0.2) is 0 Å². The molecule has 0 N–H and O–H groups in total. The van der Waals surface area contributed by atoms with Crippen LogP contribution < -0.4 is 9.80 Å². The van der Waals surface area contributed by atoms with E-state index in [1.54, 1.807) is 80.2 Å². The number of ether oxygens (including phenoxy) is 1. The van der Waals surface area contributed by atoms with E-state index < -0.39 is 17.9 Å². The molecule has 0 spiro atoms. The van der Waals surface area contributed by atoms with Crippen LogP contribution in [0.15, 0.2) is 61.1 Å². The van der Waals surface area contributed by atoms with Crippen LogP contribution in [0.2, 0.25) is 5.02 Å². The second kappa shape index (κ2) is 8.52. The SMILES string of the molecule is CC(C)OC(=O)N(C)c1cnc2nc(-c3cc(N4C(=O)c5ccccc5C4=O)ccc3Cl)cn2c1. The molecule has 1 aliphatic rings. The fourth-order valence-corrected chi connectivity index (χ4v) is 4.05. The van der Waals surface area contributed by atoms with Gasteiger partial charge in [-0.25, -0.2) is 19.7 Å². The van der Waals surface area contributed by atoms with Crippen molar-refractivity contribution in [2.75, 3.05) is 16.8 Å². The van der Waals surface area contributed by atoms with Crippen molar-refractivity contribution in [2.45, 2.75) is 20.0 Å². The van der Waals surface area contributed by atoms with E-state index >= 15 is 0 Å². The Morgan fingerprint density at radius 3 is 2.37 bits per heavy atom. The minimum atomic E-state index is -0.502. The van der Waals surface area contributed by atoms with E-state index in [2.05, 4.69) is 9.97 Å². The summed E-state index contributed by atoms with van der Waals surface area (Å²) >= 11 is 6.47. The van der Waals surface area contributed by atoms with Crippen LogP contribution in [0.4, 0.5) is 16.2 Å². The molecule has 4 aromatic rings. The highest BCUT2D eigenvalue weighted by molar-refractivity contribution is 6.36. The summed E-state index contributed by atoms with van der Waals surface area (Å²) in [5.74, 6) is -0.399. The molecule has 0 radical (unpaired) electrons. The molecule has 35 heavy (non-hydrogen) atoms.